The fourth-order valence-electron chi connectivity index (χ4n) is 1.95. The van der Waals surface area contributed by atoms with E-state index in [0.717, 1.165) is 29.5 Å². The summed E-state index contributed by atoms with van der Waals surface area (Å²) in [6.45, 7) is 2.45. The molecule has 1 aromatic rings. The Morgan fingerprint density at radius 1 is 1.31 bits per heavy atom. The summed E-state index contributed by atoms with van der Waals surface area (Å²) in [6.07, 6.45) is 1.71. The number of sulfone groups is 1. The minimum absolute atomic E-state index is 0.444. The molecule has 1 aliphatic heterocycles. The summed E-state index contributed by atoms with van der Waals surface area (Å²) in [5, 5.41) is 1.34. The summed E-state index contributed by atoms with van der Waals surface area (Å²) < 4.78 is 23.6. The Labute approximate surface area is 95.9 Å². The maximum atomic E-state index is 11.8. The van der Waals surface area contributed by atoms with Gasteiger partial charge in [0.2, 0.25) is 9.84 Å². The minimum Gasteiger partial charge on any atom is -0.330 e. The second-order valence-electron chi connectivity index (χ2n) is 4.07. The van der Waals surface area contributed by atoms with Crippen molar-refractivity contribution in [2.45, 2.75) is 24.7 Å². The highest BCUT2D eigenvalue weighted by molar-refractivity contribution is 7.95. The molecular weight excluding hydrogens is 222 g/mol. The average Bonchev–Trinajstić information content (AvgIpc) is 2.47. The molecule has 0 amide bonds. The van der Waals surface area contributed by atoms with Crippen LogP contribution in [0.3, 0.4) is 0 Å². The lowest BCUT2D eigenvalue weighted by atomic mass is 10.0. The molecule has 4 heteroatoms. The molecular formula is C12H15NO2S. The molecule has 3 nitrogen and oxygen atoms in total. The van der Waals surface area contributed by atoms with Crippen LogP contribution in [0.15, 0.2) is 28.5 Å². The van der Waals surface area contributed by atoms with Crippen LogP contribution < -0.4 is 5.73 Å². The zero-order chi connectivity index (χ0) is 11.8. The number of hydrogen-bond acceptors (Lipinski definition) is 3. The first-order chi connectivity index (χ1) is 7.54. The van der Waals surface area contributed by atoms with E-state index in [1.165, 1.54) is 5.41 Å². The van der Waals surface area contributed by atoms with Crippen molar-refractivity contribution in [3.8, 4) is 0 Å². The van der Waals surface area contributed by atoms with E-state index in [4.69, 9.17) is 5.73 Å². The van der Waals surface area contributed by atoms with Gasteiger partial charge in [-0.05, 0) is 49.1 Å². The van der Waals surface area contributed by atoms with Crippen LogP contribution >= 0.6 is 0 Å². The lowest BCUT2D eigenvalue weighted by Gasteiger charge is -2.04. The first-order valence-electron chi connectivity index (χ1n) is 5.31. The van der Waals surface area contributed by atoms with Crippen molar-refractivity contribution < 1.29 is 8.42 Å². The quantitative estimate of drug-likeness (QED) is 0.870. The van der Waals surface area contributed by atoms with E-state index in [2.05, 4.69) is 0 Å². The topological polar surface area (TPSA) is 60.2 Å². The van der Waals surface area contributed by atoms with Gasteiger partial charge in [0.1, 0.15) is 0 Å². The van der Waals surface area contributed by atoms with Crippen LogP contribution in [0, 0.1) is 0 Å². The second kappa shape index (κ2) is 4.03. The second-order valence-corrected chi connectivity index (χ2v) is 5.83. The van der Waals surface area contributed by atoms with Gasteiger partial charge in [0.15, 0.2) is 0 Å². The first-order valence-corrected chi connectivity index (χ1v) is 6.86. The molecule has 0 saturated carbocycles. The third-order valence-electron chi connectivity index (χ3n) is 2.78. The molecule has 1 heterocycles. The number of rotatable bonds is 3. The first kappa shape index (κ1) is 11.4. The van der Waals surface area contributed by atoms with Gasteiger partial charge < -0.3 is 5.73 Å². The molecule has 0 aromatic heterocycles. The smallest absolute Gasteiger partial charge is 0.200 e. The van der Waals surface area contributed by atoms with E-state index in [0.29, 0.717) is 11.4 Å². The van der Waals surface area contributed by atoms with Crippen LogP contribution in [0.25, 0.3) is 5.57 Å². The molecule has 1 aliphatic rings. The van der Waals surface area contributed by atoms with E-state index < -0.39 is 9.84 Å². The fraction of sp³-hybridized carbons (Fsp3) is 0.333. The average molecular weight is 237 g/mol. The molecule has 0 fully saturated rings. The Morgan fingerprint density at radius 2 is 2.06 bits per heavy atom. The predicted octanol–water partition coefficient (Wildman–Crippen LogP) is 1.73. The van der Waals surface area contributed by atoms with Gasteiger partial charge in [-0.3, -0.25) is 0 Å². The molecule has 0 spiro atoms. The molecule has 2 N–H and O–H groups in total. The Kier molecular flexibility index (Phi) is 2.86. The maximum absolute atomic E-state index is 11.8. The van der Waals surface area contributed by atoms with Crippen molar-refractivity contribution in [1.29, 1.82) is 0 Å². The summed E-state index contributed by atoms with van der Waals surface area (Å²) in [6, 6.07) is 5.64. The molecule has 2 rings (SSSR count). The molecule has 0 saturated heterocycles. The van der Waals surface area contributed by atoms with Crippen LogP contribution in [0.2, 0.25) is 0 Å². The summed E-state index contributed by atoms with van der Waals surface area (Å²) in [4.78, 5) is 0.444. The summed E-state index contributed by atoms with van der Waals surface area (Å²) in [7, 11) is -3.20. The minimum atomic E-state index is -3.20. The molecule has 0 bridgehead atoms. The Balaban J connectivity index is 2.42. The van der Waals surface area contributed by atoms with Crippen molar-refractivity contribution in [2.24, 2.45) is 5.73 Å². The monoisotopic (exact) mass is 237 g/mol. The Bertz CT molecular complexity index is 544. The number of hydrogen-bond donors (Lipinski definition) is 1. The molecule has 16 heavy (non-hydrogen) atoms. The molecule has 0 unspecified atom stereocenters. The lowest BCUT2D eigenvalue weighted by molar-refractivity contribution is 0.605. The number of aryl methyl sites for hydroxylation is 1. The van der Waals surface area contributed by atoms with Crippen LogP contribution in [0.1, 0.15) is 24.5 Å². The van der Waals surface area contributed by atoms with E-state index in [9.17, 15) is 8.42 Å². The third kappa shape index (κ3) is 1.90. The summed E-state index contributed by atoms with van der Waals surface area (Å²) >= 11 is 0. The van der Waals surface area contributed by atoms with Crippen LogP contribution in [-0.2, 0) is 16.3 Å². The van der Waals surface area contributed by atoms with Gasteiger partial charge >= 0.3 is 0 Å². The van der Waals surface area contributed by atoms with E-state index in [-0.39, 0.29) is 0 Å². The zero-order valence-corrected chi connectivity index (χ0v) is 10.0. The van der Waals surface area contributed by atoms with Crippen LogP contribution in [0.5, 0.6) is 0 Å². The highest BCUT2D eigenvalue weighted by atomic mass is 32.2. The van der Waals surface area contributed by atoms with Crippen LogP contribution in [0.4, 0.5) is 0 Å². The van der Waals surface area contributed by atoms with Crippen molar-refractivity contribution in [3.63, 3.8) is 0 Å². The van der Waals surface area contributed by atoms with Gasteiger partial charge in [-0.25, -0.2) is 8.42 Å². The van der Waals surface area contributed by atoms with E-state index in [1.54, 1.807) is 6.07 Å². The largest absolute Gasteiger partial charge is 0.330 e. The summed E-state index contributed by atoms with van der Waals surface area (Å²) in [5.74, 6) is 0. The van der Waals surface area contributed by atoms with Gasteiger partial charge in [0.25, 0.3) is 0 Å². The SMILES string of the molecule is CC1=CS(=O)(=O)c2cc(CCCN)ccc21. The number of fused-ring (bicyclic) bond motifs is 1. The molecule has 0 aliphatic carbocycles. The number of benzene rings is 1. The predicted molar refractivity (Wildman–Crippen MR) is 64.7 cm³/mol. The van der Waals surface area contributed by atoms with Crippen molar-refractivity contribution in [2.75, 3.05) is 6.54 Å². The van der Waals surface area contributed by atoms with Gasteiger partial charge in [-0.1, -0.05) is 12.1 Å². The Hall–Kier alpha value is -1.13. The molecule has 86 valence electrons. The lowest BCUT2D eigenvalue weighted by Crippen LogP contribution is -2.01. The highest BCUT2D eigenvalue weighted by Gasteiger charge is 2.24. The summed E-state index contributed by atoms with van der Waals surface area (Å²) in [5.41, 5.74) is 8.12. The van der Waals surface area contributed by atoms with Gasteiger partial charge in [-0.15, -0.1) is 0 Å². The van der Waals surface area contributed by atoms with Gasteiger partial charge in [0, 0.05) is 5.41 Å². The van der Waals surface area contributed by atoms with E-state index in [1.807, 2.05) is 19.1 Å². The van der Waals surface area contributed by atoms with E-state index >= 15 is 0 Å². The van der Waals surface area contributed by atoms with Crippen LogP contribution in [-0.4, -0.2) is 15.0 Å². The van der Waals surface area contributed by atoms with Gasteiger partial charge in [-0.2, -0.15) is 0 Å². The number of nitrogens with two attached hydrogens (primary N) is 1. The highest BCUT2D eigenvalue weighted by Crippen LogP contribution is 2.33. The molecule has 0 radical (unpaired) electrons. The Morgan fingerprint density at radius 3 is 2.75 bits per heavy atom. The normalized spacial score (nSPS) is 17.0. The van der Waals surface area contributed by atoms with Gasteiger partial charge in [0.05, 0.1) is 4.90 Å². The third-order valence-corrected chi connectivity index (χ3v) is 4.39. The van der Waals surface area contributed by atoms with Crippen molar-refractivity contribution in [1.82, 2.24) is 0 Å². The fourth-order valence-corrected chi connectivity index (χ4v) is 3.52. The van der Waals surface area contributed by atoms with Crippen molar-refractivity contribution >= 4 is 15.4 Å². The molecule has 1 aromatic carbocycles. The standard InChI is InChI=1S/C12H15NO2S/c1-9-8-16(14,15)12-7-10(3-2-6-13)4-5-11(9)12/h4-5,7-8H,2-3,6,13H2,1H3. The molecule has 0 atom stereocenters. The number of allylic oxidation sites excluding steroid dienone is 1. The maximum Gasteiger partial charge on any atom is 0.200 e. The van der Waals surface area contributed by atoms with Crippen molar-refractivity contribution in [3.05, 3.63) is 34.7 Å². The zero-order valence-electron chi connectivity index (χ0n) is 9.23.